The van der Waals surface area contributed by atoms with E-state index in [9.17, 15) is 18.0 Å². The van der Waals surface area contributed by atoms with Crippen LogP contribution in [0.5, 0.6) is 0 Å². The molecular weight excluding hydrogens is 391 g/mol. The van der Waals surface area contributed by atoms with E-state index in [4.69, 9.17) is 0 Å². The minimum atomic E-state index is -4.45. The molecule has 0 aromatic heterocycles. The average Bonchev–Trinajstić information content (AvgIpc) is 2.98. The van der Waals surface area contributed by atoms with E-state index in [0.717, 1.165) is 23.4 Å². The first-order valence-electron chi connectivity index (χ1n) is 8.41. The Morgan fingerprint density at radius 3 is 2.52 bits per heavy atom. The summed E-state index contributed by atoms with van der Waals surface area (Å²) < 4.78 is 39.3. The van der Waals surface area contributed by atoms with Crippen molar-refractivity contribution >= 4 is 34.9 Å². The van der Waals surface area contributed by atoms with Crippen LogP contribution in [0.4, 0.5) is 13.2 Å². The van der Waals surface area contributed by atoms with Crippen LogP contribution in [0.1, 0.15) is 28.9 Å². The Morgan fingerprint density at radius 1 is 1.11 bits per heavy atom. The van der Waals surface area contributed by atoms with Gasteiger partial charge in [-0.3, -0.25) is 4.79 Å². The van der Waals surface area contributed by atoms with Crippen LogP contribution < -0.4 is 5.32 Å². The van der Waals surface area contributed by atoms with Crippen molar-refractivity contribution < 1.29 is 18.0 Å². The summed E-state index contributed by atoms with van der Waals surface area (Å²) in [6.07, 6.45) is -4.45. The molecule has 1 aliphatic heterocycles. The highest BCUT2D eigenvalue weighted by Gasteiger charge is 2.37. The monoisotopic (exact) mass is 409 g/mol. The average molecular weight is 409 g/mol. The lowest BCUT2D eigenvalue weighted by molar-refractivity contribution is -0.137. The van der Waals surface area contributed by atoms with E-state index in [1.54, 1.807) is 17.8 Å². The first-order valence-corrected chi connectivity index (χ1v) is 10.4. The van der Waals surface area contributed by atoms with Crippen molar-refractivity contribution in [1.82, 2.24) is 5.32 Å². The van der Waals surface area contributed by atoms with Gasteiger partial charge in [-0.15, -0.1) is 11.8 Å². The second-order valence-corrected chi connectivity index (χ2v) is 8.26. The lowest BCUT2D eigenvalue weighted by atomic mass is 9.96. The molecule has 2 aromatic carbocycles. The molecule has 0 amide bonds. The molecule has 0 bridgehead atoms. The van der Waals surface area contributed by atoms with Crippen LogP contribution in [-0.2, 0) is 11.0 Å². The number of carbonyl (C=O) groups is 1. The quantitative estimate of drug-likeness (QED) is 0.487. The van der Waals surface area contributed by atoms with Gasteiger partial charge in [0, 0.05) is 0 Å². The molecule has 1 aliphatic rings. The minimum absolute atomic E-state index is 0.172. The van der Waals surface area contributed by atoms with Gasteiger partial charge >= 0.3 is 6.18 Å². The summed E-state index contributed by atoms with van der Waals surface area (Å²) in [6, 6.07) is 14.3. The number of ketones is 1. The predicted molar refractivity (Wildman–Crippen MR) is 106 cm³/mol. The first kappa shape index (κ1) is 19.9. The predicted octanol–water partition coefficient (Wildman–Crippen LogP) is 5.73. The molecule has 0 saturated heterocycles. The molecule has 1 unspecified atom stereocenters. The van der Waals surface area contributed by atoms with Crippen LogP contribution >= 0.6 is 23.5 Å². The summed E-state index contributed by atoms with van der Waals surface area (Å²) in [6.45, 7) is 2.02. The molecule has 1 N–H and O–H groups in total. The lowest BCUT2D eigenvalue weighted by Gasteiger charge is -2.11. The SMILES string of the molecule is CCSCNC1=C(c2cccc(C(F)(F)F)c2)C(=O)C(c2ccccc2)S1. The molecule has 2 aromatic rings. The Balaban J connectivity index is 1.99. The van der Waals surface area contributed by atoms with Crippen LogP contribution in [0.3, 0.4) is 0 Å². The van der Waals surface area contributed by atoms with E-state index in [-0.39, 0.29) is 5.78 Å². The third-order valence-corrected chi connectivity index (χ3v) is 6.13. The number of nitrogens with one attached hydrogen (secondary N) is 1. The summed E-state index contributed by atoms with van der Waals surface area (Å²) in [4.78, 5) is 13.1. The standard InChI is InChI=1S/C20H18F3NOS2/c1-2-26-12-24-19-16(14-9-6-10-15(11-14)20(21,22)23)17(25)18(27-19)13-7-4-3-5-8-13/h3-11,18,24H,2,12H2,1H3. The number of allylic oxidation sites excluding steroid dienone is 1. The van der Waals surface area contributed by atoms with Gasteiger partial charge in [0.1, 0.15) is 0 Å². The molecular formula is C20H18F3NOS2. The number of carbonyl (C=O) groups excluding carboxylic acids is 1. The normalized spacial score (nSPS) is 17.5. The summed E-state index contributed by atoms with van der Waals surface area (Å²) in [5, 5.41) is 3.40. The number of Topliss-reactive ketones (excluding diaryl/α,β-unsaturated/α-hetero) is 1. The summed E-state index contributed by atoms with van der Waals surface area (Å²) >= 11 is 3.01. The van der Waals surface area contributed by atoms with Gasteiger partial charge in [-0.05, 0) is 29.0 Å². The number of hydrogen-bond donors (Lipinski definition) is 1. The fourth-order valence-corrected chi connectivity index (χ4v) is 4.58. The number of alkyl halides is 3. The van der Waals surface area contributed by atoms with Gasteiger partial charge < -0.3 is 5.32 Å². The fraction of sp³-hybridized carbons (Fsp3) is 0.250. The van der Waals surface area contributed by atoms with Crippen molar-refractivity contribution in [3.05, 3.63) is 76.3 Å². The topological polar surface area (TPSA) is 29.1 Å². The number of halogens is 3. The van der Waals surface area contributed by atoms with E-state index in [0.29, 0.717) is 22.0 Å². The molecule has 142 valence electrons. The molecule has 0 saturated carbocycles. The smallest absolute Gasteiger partial charge is 0.370 e. The Morgan fingerprint density at radius 2 is 1.85 bits per heavy atom. The van der Waals surface area contributed by atoms with Gasteiger partial charge in [-0.25, -0.2) is 0 Å². The van der Waals surface area contributed by atoms with E-state index in [1.165, 1.54) is 17.8 Å². The largest absolute Gasteiger partial charge is 0.416 e. The highest BCUT2D eigenvalue weighted by Crippen LogP contribution is 2.47. The van der Waals surface area contributed by atoms with Crippen LogP contribution in [0.25, 0.3) is 5.57 Å². The lowest BCUT2D eigenvalue weighted by Crippen LogP contribution is -2.12. The molecule has 3 rings (SSSR count). The number of rotatable bonds is 6. The van der Waals surface area contributed by atoms with Gasteiger partial charge in [0.15, 0.2) is 5.78 Å². The number of thioether (sulfide) groups is 2. The summed E-state index contributed by atoms with van der Waals surface area (Å²) in [7, 11) is 0. The Kier molecular flexibility index (Phi) is 6.22. The molecule has 2 nitrogen and oxygen atoms in total. The molecule has 0 radical (unpaired) electrons. The molecule has 7 heteroatoms. The van der Waals surface area contributed by atoms with E-state index in [2.05, 4.69) is 5.32 Å². The second-order valence-electron chi connectivity index (χ2n) is 5.87. The van der Waals surface area contributed by atoms with E-state index in [1.807, 2.05) is 37.3 Å². The highest BCUT2D eigenvalue weighted by atomic mass is 32.2. The van der Waals surface area contributed by atoms with Crippen LogP contribution in [0.2, 0.25) is 0 Å². The van der Waals surface area contributed by atoms with Gasteiger partial charge in [0.25, 0.3) is 0 Å². The molecule has 0 spiro atoms. The second kappa shape index (κ2) is 8.44. The number of hydrogen-bond acceptors (Lipinski definition) is 4. The molecule has 1 heterocycles. The zero-order valence-corrected chi connectivity index (χ0v) is 16.2. The fourth-order valence-electron chi connectivity index (χ4n) is 2.79. The van der Waals surface area contributed by atoms with Crippen molar-refractivity contribution in [2.24, 2.45) is 0 Å². The zero-order chi connectivity index (χ0) is 19.4. The highest BCUT2D eigenvalue weighted by molar-refractivity contribution is 8.05. The number of benzene rings is 2. The Hall–Kier alpha value is -1.86. The maximum atomic E-state index is 13.1. The maximum absolute atomic E-state index is 13.1. The summed E-state index contributed by atoms with van der Waals surface area (Å²) in [5.41, 5.74) is 0.717. The van der Waals surface area contributed by atoms with Crippen molar-refractivity contribution in [3.63, 3.8) is 0 Å². The maximum Gasteiger partial charge on any atom is 0.416 e. The molecule has 27 heavy (non-hydrogen) atoms. The Bertz CT molecular complexity index is 850. The van der Waals surface area contributed by atoms with Crippen molar-refractivity contribution in [2.45, 2.75) is 18.3 Å². The van der Waals surface area contributed by atoms with Crippen LogP contribution in [0, 0.1) is 0 Å². The van der Waals surface area contributed by atoms with Crippen molar-refractivity contribution in [1.29, 1.82) is 0 Å². The molecule has 0 aliphatic carbocycles. The first-order chi connectivity index (χ1) is 12.9. The van der Waals surface area contributed by atoms with E-state index >= 15 is 0 Å². The van der Waals surface area contributed by atoms with Crippen LogP contribution in [-0.4, -0.2) is 17.4 Å². The van der Waals surface area contributed by atoms with Crippen LogP contribution in [0.15, 0.2) is 59.6 Å². The van der Waals surface area contributed by atoms with Crippen molar-refractivity contribution in [2.75, 3.05) is 11.6 Å². The van der Waals surface area contributed by atoms with E-state index < -0.39 is 17.0 Å². The van der Waals surface area contributed by atoms with Gasteiger partial charge in [0.2, 0.25) is 0 Å². The van der Waals surface area contributed by atoms with Gasteiger partial charge in [-0.1, -0.05) is 61.2 Å². The zero-order valence-electron chi connectivity index (χ0n) is 14.5. The minimum Gasteiger partial charge on any atom is -0.370 e. The molecule has 0 fully saturated rings. The third kappa shape index (κ3) is 4.52. The van der Waals surface area contributed by atoms with Gasteiger partial charge in [-0.2, -0.15) is 13.2 Å². The molecule has 1 atom stereocenters. The Labute approximate surface area is 164 Å². The van der Waals surface area contributed by atoms with Gasteiger partial charge in [0.05, 0.1) is 27.3 Å². The van der Waals surface area contributed by atoms with Crippen molar-refractivity contribution in [3.8, 4) is 0 Å². The third-order valence-electron chi connectivity index (χ3n) is 4.07. The summed E-state index contributed by atoms with van der Waals surface area (Å²) in [5.74, 6) is 1.32.